The van der Waals surface area contributed by atoms with E-state index < -0.39 is 13.6 Å². The van der Waals surface area contributed by atoms with Gasteiger partial charge in [0.25, 0.3) is 0 Å². The minimum absolute atomic E-state index is 0.285. The molecule has 0 aliphatic heterocycles. The standard InChI is InChI=1S/C23H24N5O4P/c1-31-22-15-17(12-13-20(22)18-8-4-2-5-9-18)14-21(23-25-27-28-26-23)24-16-33(29,30)32-19-10-6-3-7-11-19/h2-13,15,21,24H,14,16H2,1H3,(H,29,30)(H,25,26,27,28). The number of aromatic amines is 1. The highest BCUT2D eigenvalue weighted by atomic mass is 31.2. The smallest absolute Gasteiger partial charge is 0.390 e. The molecule has 3 N–H and O–H groups in total. The van der Waals surface area contributed by atoms with E-state index in [0.29, 0.717) is 18.0 Å². The molecular formula is C23H24N5O4P. The number of tetrazole rings is 1. The molecule has 1 heterocycles. The van der Waals surface area contributed by atoms with E-state index in [0.717, 1.165) is 22.4 Å². The molecule has 170 valence electrons. The molecule has 0 aliphatic carbocycles. The molecule has 4 aromatic rings. The van der Waals surface area contributed by atoms with E-state index in [4.69, 9.17) is 9.26 Å². The van der Waals surface area contributed by atoms with Crippen LogP contribution in [-0.2, 0) is 11.0 Å². The second-order valence-electron chi connectivity index (χ2n) is 7.35. The quantitative estimate of drug-likeness (QED) is 0.301. The Hall–Kier alpha value is -3.52. The lowest BCUT2D eigenvalue weighted by atomic mass is 9.99. The maximum Gasteiger partial charge on any atom is 0.390 e. The molecule has 0 aliphatic rings. The summed E-state index contributed by atoms with van der Waals surface area (Å²) in [5.74, 6) is 1.50. The summed E-state index contributed by atoms with van der Waals surface area (Å²) >= 11 is 0. The molecule has 1 aromatic heterocycles. The van der Waals surface area contributed by atoms with Crippen molar-refractivity contribution in [3.05, 3.63) is 90.3 Å². The van der Waals surface area contributed by atoms with Crippen molar-refractivity contribution in [2.45, 2.75) is 12.5 Å². The van der Waals surface area contributed by atoms with Crippen molar-refractivity contribution in [1.82, 2.24) is 25.9 Å². The van der Waals surface area contributed by atoms with Crippen LogP contribution in [0.25, 0.3) is 11.1 Å². The van der Waals surface area contributed by atoms with E-state index >= 15 is 0 Å². The largest absolute Gasteiger partial charge is 0.496 e. The Morgan fingerprint density at radius 3 is 2.45 bits per heavy atom. The Bertz CT molecular complexity index is 1210. The van der Waals surface area contributed by atoms with Crippen molar-refractivity contribution in [3.8, 4) is 22.6 Å². The first-order valence-corrected chi connectivity index (χ1v) is 12.1. The zero-order valence-electron chi connectivity index (χ0n) is 18.0. The number of para-hydroxylation sites is 1. The molecule has 0 radical (unpaired) electrons. The summed E-state index contributed by atoms with van der Waals surface area (Å²) < 4.78 is 23.5. The Labute approximate surface area is 191 Å². The zero-order valence-corrected chi connectivity index (χ0v) is 18.9. The Balaban J connectivity index is 1.51. The van der Waals surface area contributed by atoms with Gasteiger partial charge in [-0.05, 0) is 46.2 Å². The highest BCUT2D eigenvalue weighted by Crippen LogP contribution is 2.42. The molecule has 0 amide bonds. The minimum atomic E-state index is -3.96. The maximum absolute atomic E-state index is 12.6. The number of benzene rings is 3. The molecule has 4 rings (SSSR count). The molecule has 0 fully saturated rings. The molecular weight excluding hydrogens is 441 g/mol. The third kappa shape index (κ3) is 6.04. The van der Waals surface area contributed by atoms with E-state index in [1.807, 2.05) is 48.5 Å². The molecule has 3 aromatic carbocycles. The van der Waals surface area contributed by atoms with E-state index in [1.165, 1.54) is 0 Å². The van der Waals surface area contributed by atoms with Gasteiger partial charge in [-0.25, -0.2) is 9.66 Å². The van der Waals surface area contributed by atoms with Gasteiger partial charge in [-0.2, -0.15) is 0 Å². The monoisotopic (exact) mass is 465 g/mol. The first-order chi connectivity index (χ1) is 16.0. The van der Waals surface area contributed by atoms with Crippen LogP contribution in [0.3, 0.4) is 0 Å². The Morgan fingerprint density at radius 1 is 1.06 bits per heavy atom. The van der Waals surface area contributed by atoms with Gasteiger partial charge in [0.05, 0.1) is 13.2 Å². The van der Waals surface area contributed by atoms with Crippen LogP contribution in [0.5, 0.6) is 11.5 Å². The van der Waals surface area contributed by atoms with Gasteiger partial charge in [-0.15, -0.1) is 5.10 Å². The number of methoxy groups -OCH3 is 1. The summed E-state index contributed by atoms with van der Waals surface area (Å²) in [5.41, 5.74) is 2.97. The second kappa shape index (κ2) is 10.4. The number of hydrogen-bond acceptors (Lipinski definition) is 7. The van der Waals surface area contributed by atoms with Gasteiger partial charge in [-0.1, -0.05) is 60.7 Å². The highest BCUT2D eigenvalue weighted by Gasteiger charge is 2.25. The fourth-order valence-electron chi connectivity index (χ4n) is 3.44. The SMILES string of the molecule is COc1cc(CC(NCP(=O)(O)Oc2ccccc2)c2nnn[nH]2)ccc1-c1ccccc1. The molecule has 33 heavy (non-hydrogen) atoms. The summed E-state index contributed by atoms with van der Waals surface area (Å²) in [7, 11) is -2.33. The van der Waals surface area contributed by atoms with E-state index in [1.54, 1.807) is 37.4 Å². The summed E-state index contributed by atoms with van der Waals surface area (Å²) in [6.45, 7) is 0. The van der Waals surface area contributed by atoms with Crippen LogP contribution in [0.2, 0.25) is 0 Å². The predicted octanol–water partition coefficient (Wildman–Crippen LogP) is 3.97. The normalized spacial score (nSPS) is 13.8. The molecule has 2 unspecified atom stereocenters. The van der Waals surface area contributed by atoms with Gasteiger partial charge in [0.15, 0.2) is 5.82 Å². The first kappa shape index (κ1) is 22.7. The van der Waals surface area contributed by atoms with Crippen molar-refractivity contribution in [2.24, 2.45) is 0 Å². The van der Waals surface area contributed by atoms with Crippen LogP contribution in [0.15, 0.2) is 78.9 Å². The molecule has 10 heteroatoms. The van der Waals surface area contributed by atoms with Crippen molar-refractivity contribution in [2.75, 3.05) is 13.4 Å². The number of ether oxygens (including phenoxy) is 1. The van der Waals surface area contributed by atoms with E-state index in [2.05, 4.69) is 25.9 Å². The second-order valence-corrected chi connectivity index (χ2v) is 9.12. The van der Waals surface area contributed by atoms with E-state index in [-0.39, 0.29) is 6.29 Å². The lowest BCUT2D eigenvalue weighted by Crippen LogP contribution is -2.26. The third-order valence-corrected chi connectivity index (χ3v) is 6.09. The third-order valence-electron chi connectivity index (χ3n) is 5.01. The number of hydrogen-bond donors (Lipinski definition) is 3. The summed E-state index contributed by atoms with van der Waals surface area (Å²) in [6.07, 6.45) is 0.167. The van der Waals surface area contributed by atoms with Gasteiger partial charge in [0.2, 0.25) is 0 Å². The van der Waals surface area contributed by atoms with Crippen molar-refractivity contribution in [1.29, 1.82) is 0 Å². The van der Waals surface area contributed by atoms with E-state index in [9.17, 15) is 9.46 Å². The number of nitrogens with zero attached hydrogens (tertiary/aromatic N) is 3. The minimum Gasteiger partial charge on any atom is -0.496 e. The van der Waals surface area contributed by atoms with Crippen LogP contribution >= 0.6 is 7.60 Å². The van der Waals surface area contributed by atoms with Crippen LogP contribution in [0.4, 0.5) is 0 Å². The lowest BCUT2D eigenvalue weighted by Gasteiger charge is -2.20. The summed E-state index contributed by atoms with van der Waals surface area (Å²) in [5, 5.41) is 17.0. The van der Waals surface area contributed by atoms with Crippen molar-refractivity contribution in [3.63, 3.8) is 0 Å². The molecule has 2 atom stereocenters. The van der Waals surface area contributed by atoms with Gasteiger partial charge in [0, 0.05) is 5.56 Å². The highest BCUT2D eigenvalue weighted by molar-refractivity contribution is 7.53. The van der Waals surface area contributed by atoms with Crippen molar-refractivity contribution >= 4 is 7.60 Å². The predicted molar refractivity (Wildman–Crippen MR) is 124 cm³/mol. The molecule has 0 saturated heterocycles. The summed E-state index contributed by atoms with van der Waals surface area (Å²) in [4.78, 5) is 10.3. The molecule has 0 bridgehead atoms. The Kier molecular flexibility index (Phi) is 7.14. The van der Waals surface area contributed by atoms with Crippen LogP contribution in [-0.4, -0.2) is 38.9 Å². The number of rotatable bonds is 10. The van der Waals surface area contributed by atoms with Crippen LogP contribution < -0.4 is 14.6 Å². The topological polar surface area (TPSA) is 122 Å². The van der Waals surface area contributed by atoms with Gasteiger partial charge in [-0.3, -0.25) is 5.32 Å². The zero-order chi connectivity index (χ0) is 23.1. The first-order valence-electron chi connectivity index (χ1n) is 10.3. The van der Waals surface area contributed by atoms with Gasteiger partial charge < -0.3 is 14.2 Å². The van der Waals surface area contributed by atoms with Crippen LogP contribution in [0, 0.1) is 0 Å². The van der Waals surface area contributed by atoms with Crippen LogP contribution in [0.1, 0.15) is 17.4 Å². The fraction of sp³-hybridized carbons (Fsp3) is 0.174. The lowest BCUT2D eigenvalue weighted by molar-refractivity contribution is 0.368. The fourth-order valence-corrected chi connectivity index (χ4v) is 4.40. The molecule has 0 spiro atoms. The summed E-state index contributed by atoms with van der Waals surface area (Å²) in [6, 6.07) is 24.0. The molecule has 9 nitrogen and oxygen atoms in total. The molecule has 0 saturated carbocycles. The Morgan fingerprint density at radius 2 is 1.79 bits per heavy atom. The maximum atomic E-state index is 12.6. The average molecular weight is 465 g/mol. The number of nitrogens with one attached hydrogen (secondary N) is 2. The number of H-pyrrole nitrogens is 1. The van der Waals surface area contributed by atoms with Gasteiger partial charge in [0.1, 0.15) is 17.8 Å². The van der Waals surface area contributed by atoms with Crippen molar-refractivity contribution < 1.29 is 18.7 Å². The van der Waals surface area contributed by atoms with Gasteiger partial charge >= 0.3 is 7.60 Å². The average Bonchev–Trinajstić information content (AvgIpc) is 3.37. The number of aromatic nitrogens is 4.